The van der Waals surface area contributed by atoms with Gasteiger partial charge in [-0.15, -0.1) is 0 Å². The van der Waals surface area contributed by atoms with Gasteiger partial charge < -0.3 is 5.73 Å². The van der Waals surface area contributed by atoms with E-state index in [4.69, 9.17) is 17.3 Å². The van der Waals surface area contributed by atoms with E-state index in [0.717, 1.165) is 27.4 Å². The van der Waals surface area contributed by atoms with Crippen molar-refractivity contribution in [2.45, 2.75) is 26.7 Å². The molecule has 1 aromatic carbocycles. The van der Waals surface area contributed by atoms with Crippen LogP contribution < -0.4 is 5.73 Å². The lowest BCUT2D eigenvalue weighted by molar-refractivity contribution is 0.873. The van der Waals surface area contributed by atoms with Gasteiger partial charge in [0.1, 0.15) is 5.82 Å². The monoisotopic (exact) mass is 249 g/mol. The second kappa shape index (κ2) is 4.41. The fourth-order valence-electron chi connectivity index (χ4n) is 1.97. The zero-order valence-corrected chi connectivity index (χ0v) is 11.0. The number of aromatic nitrogens is 2. The molecular formula is C13H16ClN3. The average Bonchev–Trinajstić information content (AvgIpc) is 2.64. The highest BCUT2D eigenvalue weighted by Crippen LogP contribution is 2.32. The smallest absolute Gasteiger partial charge is 0.149 e. The van der Waals surface area contributed by atoms with Crippen LogP contribution in [-0.4, -0.2) is 10.2 Å². The Bertz CT molecular complexity index is 544. The van der Waals surface area contributed by atoms with Crippen LogP contribution in [0, 0.1) is 6.92 Å². The Kier molecular flexibility index (Phi) is 3.11. The number of aromatic amines is 1. The Balaban J connectivity index is 2.56. The van der Waals surface area contributed by atoms with E-state index in [0.29, 0.717) is 11.7 Å². The van der Waals surface area contributed by atoms with Crippen LogP contribution in [0.15, 0.2) is 18.2 Å². The Hall–Kier alpha value is -1.48. The average molecular weight is 250 g/mol. The lowest BCUT2D eigenvalue weighted by atomic mass is 9.98. The lowest BCUT2D eigenvalue weighted by Gasteiger charge is -2.08. The van der Waals surface area contributed by atoms with E-state index in [1.807, 2.05) is 25.1 Å². The minimum absolute atomic E-state index is 0.333. The van der Waals surface area contributed by atoms with Crippen molar-refractivity contribution >= 4 is 17.4 Å². The summed E-state index contributed by atoms with van der Waals surface area (Å²) in [5, 5.41) is 7.86. The molecule has 0 unspecified atom stereocenters. The summed E-state index contributed by atoms with van der Waals surface area (Å²) in [6, 6.07) is 5.92. The van der Waals surface area contributed by atoms with Crippen molar-refractivity contribution < 1.29 is 0 Å². The molecule has 2 rings (SSSR count). The fourth-order valence-corrected chi connectivity index (χ4v) is 2.09. The maximum atomic E-state index is 6.03. The van der Waals surface area contributed by atoms with Crippen LogP contribution in [0.25, 0.3) is 11.3 Å². The number of nitrogens with two attached hydrogens (primary N) is 1. The molecule has 4 heteroatoms. The normalized spacial score (nSPS) is 11.1. The number of halogens is 1. The number of nitrogens with one attached hydrogen (secondary N) is 1. The zero-order valence-electron chi connectivity index (χ0n) is 10.2. The van der Waals surface area contributed by atoms with Gasteiger partial charge in [0.15, 0.2) is 0 Å². The van der Waals surface area contributed by atoms with Crippen molar-refractivity contribution in [1.29, 1.82) is 0 Å². The molecule has 90 valence electrons. The van der Waals surface area contributed by atoms with E-state index in [1.54, 1.807) is 0 Å². The highest BCUT2D eigenvalue weighted by molar-refractivity contribution is 6.31. The molecule has 3 N–H and O–H groups in total. The van der Waals surface area contributed by atoms with Gasteiger partial charge in [0.2, 0.25) is 0 Å². The number of hydrogen-bond donors (Lipinski definition) is 2. The lowest BCUT2D eigenvalue weighted by Crippen LogP contribution is -1.95. The van der Waals surface area contributed by atoms with E-state index < -0.39 is 0 Å². The molecule has 0 aliphatic rings. The summed E-state index contributed by atoms with van der Waals surface area (Å²) in [6.07, 6.45) is 0. The molecule has 0 atom stereocenters. The van der Waals surface area contributed by atoms with Crippen LogP contribution in [0.4, 0.5) is 5.82 Å². The number of hydrogen-bond acceptors (Lipinski definition) is 2. The Morgan fingerprint density at radius 3 is 2.65 bits per heavy atom. The van der Waals surface area contributed by atoms with Crippen molar-refractivity contribution in [3.05, 3.63) is 34.3 Å². The second-order valence-corrected chi connectivity index (χ2v) is 4.92. The molecule has 3 nitrogen and oxygen atoms in total. The van der Waals surface area contributed by atoms with Gasteiger partial charge >= 0.3 is 0 Å². The summed E-state index contributed by atoms with van der Waals surface area (Å²) in [5.41, 5.74) is 10.0. The Labute approximate surface area is 106 Å². The van der Waals surface area contributed by atoms with Gasteiger partial charge in [-0.25, -0.2) is 0 Å². The number of aryl methyl sites for hydroxylation is 1. The molecule has 1 aromatic heterocycles. The number of nitrogens with zero attached hydrogens (tertiary/aromatic N) is 1. The highest BCUT2D eigenvalue weighted by Gasteiger charge is 2.15. The SMILES string of the molecule is Cc1cc(-c2[nH]nc(N)c2C(C)C)ccc1Cl. The van der Waals surface area contributed by atoms with Gasteiger partial charge in [-0.3, -0.25) is 5.10 Å². The van der Waals surface area contributed by atoms with E-state index in [1.165, 1.54) is 0 Å². The van der Waals surface area contributed by atoms with Crippen LogP contribution in [0.5, 0.6) is 0 Å². The molecule has 0 spiro atoms. The first-order chi connectivity index (χ1) is 8.00. The van der Waals surface area contributed by atoms with Crippen LogP contribution in [0.2, 0.25) is 5.02 Å². The molecule has 2 aromatic rings. The first-order valence-electron chi connectivity index (χ1n) is 5.61. The highest BCUT2D eigenvalue weighted by atomic mass is 35.5. The number of nitrogen functional groups attached to an aromatic ring is 1. The Morgan fingerprint density at radius 1 is 1.35 bits per heavy atom. The van der Waals surface area contributed by atoms with Gasteiger partial charge in [-0.2, -0.15) is 5.10 Å². The first-order valence-corrected chi connectivity index (χ1v) is 5.98. The molecule has 17 heavy (non-hydrogen) atoms. The molecule has 0 saturated carbocycles. The summed E-state index contributed by atoms with van der Waals surface area (Å²) < 4.78 is 0. The van der Waals surface area contributed by atoms with Crippen LogP contribution in [-0.2, 0) is 0 Å². The van der Waals surface area contributed by atoms with E-state index in [-0.39, 0.29) is 0 Å². The third-order valence-electron chi connectivity index (χ3n) is 2.86. The van der Waals surface area contributed by atoms with Gasteiger partial charge in [-0.1, -0.05) is 31.5 Å². The van der Waals surface area contributed by atoms with Crippen LogP contribution >= 0.6 is 11.6 Å². The summed E-state index contributed by atoms with van der Waals surface area (Å²) in [7, 11) is 0. The molecule has 0 aliphatic carbocycles. The second-order valence-electron chi connectivity index (χ2n) is 4.52. The summed E-state index contributed by atoms with van der Waals surface area (Å²) in [4.78, 5) is 0. The number of rotatable bonds is 2. The molecule has 0 bridgehead atoms. The van der Waals surface area contributed by atoms with Gasteiger partial charge in [0.25, 0.3) is 0 Å². The van der Waals surface area contributed by atoms with Gasteiger partial charge in [-0.05, 0) is 30.5 Å². The van der Waals surface area contributed by atoms with Crippen molar-refractivity contribution in [2.75, 3.05) is 5.73 Å². The predicted octanol–water partition coefficient (Wildman–Crippen LogP) is 3.74. The topological polar surface area (TPSA) is 54.7 Å². The largest absolute Gasteiger partial charge is 0.382 e. The number of H-pyrrole nitrogens is 1. The molecule has 0 fully saturated rings. The van der Waals surface area contributed by atoms with E-state index in [9.17, 15) is 0 Å². The molecule has 0 radical (unpaired) electrons. The van der Waals surface area contributed by atoms with Gasteiger partial charge in [0, 0.05) is 16.1 Å². The van der Waals surface area contributed by atoms with Crippen molar-refractivity contribution in [2.24, 2.45) is 0 Å². The van der Waals surface area contributed by atoms with Crippen molar-refractivity contribution in [1.82, 2.24) is 10.2 Å². The predicted molar refractivity (Wildman–Crippen MR) is 72.3 cm³/mol. The third kappa shape index (κ3) is 2.15. The summed E-state index contributed by atoms with van der Waals surface area (Å²) in [6.45, 7) is 6.20. The first kappa shape index (κ1) is 12.0. The minimum Gasteiger partial charge on any atom is -0.382 e. The fraction of sp³-hybridized carbons (Fsp3) is 0.308. The zero-order chi connectivity index (χ0) is 12.6. The van der Waals surface area contributed by atoms with Gasteiger partial charge in [0.05, 0.1) is 5.69 Å². The third-order valence-corrected chi connectivity index (χ3v) is 3.28. The standard InChI is InChI=1S/C13H16ClN3/c1-7(2)11-12(16-17-13(11)15)9-4-5-10(14)8(3)6-9/h4-7H,1-3H3,(H3,15,16,17). The van der Waals surface area contributed by atoms with E-state index in [2.05, 4.69) is 24.0 Å². The van der Waals surface area contributed by atoms with Crippen LogP contribution in [0.1, 0.15) is 30.9 Å². The molecule has 1 heterocycles. The minimum atomic E-state index is 0.333. The molecule has 0 aliphatic heterocycles. The maximum Gasteiger partial charge on any atom is 0.149 e. The maximum absolute atomic E-state index is 6.03. The Morgan fingerprint density at radius 2 is 2.06 bits per heavy atom. The summed E-state index contributed by atoms with van der Waals surface area (Å²) >= 11 is 6.03. The van der Waals surface area contributed by atoms with Crippen molar-refractivity contribution in [3.8, 4) is 11.3 Å². The quantitative estimate of drug-likeness (QED) is 0.852. The molecular weight excluding hydrogens is 234 g/mol. The van der Waals surface area contributed by atoms with E-state index >= 15 is 0 Å². The number of benzene rings is 1. The molecule has 0 saturated heterocycles. The number of anilines is 1. The van der Waals surface area contributed by atoms with Crippen LogP contribution in [0.3, 0.4) is 0 Å². The molecule has 0 amide bonds. The van der Waals surface area contributed by atoms with Crippen molar-refractivity contribution in [3.63, 3.8) is 0 Å². The summed E-state index contributed by atoms with van der Waals surface area (Å²) in [5.74, 6) is 0.905.